The van der Waals surface area contributed by atoms with Crippen molar-refractivity contribution >= 4 is 0 Å². The maximum Gasteiger partial charge on any atom is 0.207 e. The SMILES string of the molecule is C=C(C)[C@H]1C[C@@H](C[N+](=O)[O-])[C@H](C)C2(C1)OCCO2. The molecule has 5 nitrogen and oxygen atoms in total. The normalized spacial score (nSPS) is 34.7. The van der Waals surface area contributed by atoms with E-state index in [1.807, 2.05) is 13.8 Å². The van der Waals surface area contributed by atoms with Gasteiger partial charge in [-0.1, -0.05) is 19.1 Å². The first-order chi connectivity index (χ1) is 8.44. The lowest BCUT2D eigenvalue weighted by molar-refractivity contribution is -0.493. The van der Waals surface area contributed by atoms with Crippen LogP contribution in [0.15, 0.2) is 12.2 Å². The lowest BCUT2D eigenvalue weighted by atomic mass is 9.69. The van der Waals surface area contributed by atoms with Gasteiger partial charge in [0.25, 0.3) is 0 Å². The number of hydrogen-bond donors (Lipinski definition) is 0. The Labute approximate surface area is 107 Å². The van der Waals surface area contributed by atoms with E-state index in [0.717, 1.165) is 18.4 Å². The highest BCUT2D eigenvalue weighted by Gasteiger charge is 2.52. The van der Waals surface area contributed by atoms with E-state index in [-0.39, 0.29) is 29.2 Å². The molecule has 1 heterocycles. The van der Waals surface area contributed by atoms with Gasteiger partial charge in [-0.15, -0.1) is 0 Å². The average molecular weight is 255 g/mol. The molecule has 2 fully saturated rings. The summed E-state index contributed by atoms with van der Waals surface area (Å²) < 4.78 is 11.6. The van der Waals surface area contributed by atoms with Crippen molar-refractivity contribution in [2.45, 2.75) is 32.5 Å². The fourth-order valence-corrected chi connectivity index (χ4v) is 3.19. The van der Waals surface area contributed by atoms with Crippen LogP contribution in [0.2, 0.25) is 0 Å². The molecule has 102 valence electrons. The highest BCUT2D eigenvalue weighted by Crippen LogP contribution is 2.47. The van der Waals surface area contributed by atoms with E-state index < -0.39 is 5.79 Å². The van der Waals surface area contributed by atoms with E-state index in [9.17, 15) is 10.1 Å². The summed E-state index contributed by atoms with van der Waals surface area (Å²) in [5.74, 6) is -0.318. The highest BCUT2D eigenvalue weighted by molar-refractivity contribution is 5.04. The first kappa shape index (κ1) is 13.5. The second kappa shape index (κ2) is 4.97. The van der Waals surface area contributed by atoms with Crippen LogP contribution in [0, 0.1) is 27.9 Å². The monoisotopic (exact) mass is 255 g/mol. The van der Waals surface area contributed by atoms with Crippen LogP contribution in [0.5, 0.6) is 0 Å². The third-order valence-corrected chi connectivity index (χ3v) is 4.38. The first-order valence-electron chi connectivity index (χ1n) is 6.50. The van der Waals surface area contributed by atoms with Gasteiger partial charge in [-0.2, -0.15) is 0 Å². The minimum atomic E-state index is -0.622. The summed E-state index contributed by atoms with van der Waals surface area (Å²) in [6.45, 7) is 9.13. The molecule has 18 heavy (non-hydrogen) atoms. The lowest BCUT2D eigenvalue weighted by Crippen LogP contribution is -2.49. The van der Waals surface area contributed by atoms with E-state index >= 15 is 0 Å². The van der Waals surface area contributed by atoms with Crippen LogP contribution in [0.25, 0.3) is 0 Å². The van der Waals surface area contributed by atoms with Gasteiger partial charge in [0.05, 0.1) is 13.2 Å². The molecule has 0 N–H and O–H groups in total. The number of rotatable bonds is 3. The van der Waals surface area contributed by atoms with Crippen LogP contribution in [0.3, 0.4) is 0 Å². The van der Waals surface area contributed by atoms with Crippen molar-refractivity contribution in [3.63, 3.8) is 0 Å². The average Bonchev–Trinajstić information content (AvgIpc) is 2.73. The Morgan fingerprint density at radius 2 is 2.11 bits per heavy atom. The molecule has 1 spiro atoms. The minimum absolute atomic E-state index is 0.00597. The molecule has 1 aliphatic heterocycles. The second-order valence-corrected chi connectivity index (χ2v) is 5.56. The molecule has 0 aromatic rings. The topological polar surface area (TPSA) is 61.6 Å². The predicted octanol–water partition coefficient (Wildman–Crippen LogP) is 2.24. The van der Waals surface area contributed by atoms with Crippen molar-refractivity contribution < 1.29 is 14.4 Å². The Hall–Kier alpha value is -0.940. The Morgan fingerprint density at radius 1 is 1.50 bits per heavy atom. The number of nitro groups is 1. The van der Waals surface area contributed by atoms with Crippen LogP contribution >= 0.6 is 0 Å². The van der Waals surface area contributed by atoms with Crippen molar-refractivity contribution in [1.82, 2.24) is 0 Å². The Morgan fingerprint density at radius 3 is 2.61 bits per heavy atom. The smallest absolute Gasteiger partial charge is 0.207 e. The summed E-state index contributed by atoms with van der Waals surface area (Å²) >= 11 is 0. The van der Waals surface area contributed by atoms with Crippen LogP contribution in [-0.4, -0.2) is 30.5 Å². The van der Waals surface area contributed by atoms with Crippen molar-refractivity contribution in [2.24, 2.45) is 17.8 Å². The van der Waals surface area contributed by atoms with E-state index in [2.05, 4.69) is 6.58 Å². The van der Waals surface area contributed by atoms with Gasteiger partial charge in [-0.25, -0.2) is 0 Å². The molecule has 5 heteroatoms. The van der Waals surface area contributed by atoms with Gasteiger partial charge in [-0.3, -0.25) is 10.1 Å². The maximum absolute atomic E-state index is 10.8. The van der Waals surface area contributed by atoms with Gasteiger partial charge in [0.2, 0.25) is 6.54 Å². The van der Waals surface area contributed by atoms with Crippen molar-refractivity contribution in [3.05, 3.63) is 22.3 Å². The van der Waals surface area contributed by atoms with Gasteiger partial charge in [0.15, 0.2) is 5.79 Å². The predicted molar refractivity (Wildman–Crippen MR) is 66.7 cm³/mol. The van der Waals surface area contributed by atoms with Crippen LogP contribution < -0.4 is 0 Å². The molecule has 3 atom stereocenters. The summed E-state index contributed by atoms with van der Waals surface area (Å²) in [6, 6.07) is 0. The molecule has 1 saturated carbocycles. The number of allylic oxidation sites excluding steroid dienone is 1. The number of nitrogens with zero attached hydrogens (tertiary/aromatic N) is 1. The molecular formula is C13H21NO4. The standard InChI is InChI=1S/C13H21NO4/c1-9(2)11-6-12(8-14(15)16)10(3)13(7-11)17-4-5-18-13/h10-12H,1,4-8H2,2-3H3/t10-,11-,12-/m0/s1. The third kappa shape index (κ3) is 2.42. The molecule has 0 radical (unpaired) electrons. The zero-order valence-electron chi connectivity index (χ0n) is 11.1. The van der Waals surface area contributed by atoms with E-state index in [0.29, 0.717) is 13.2 Å². The van der Waals surface area contributed by atoms with Crippen LogP contribution in [0.4, 0.5) is 0 Å². The summed E-state index contributed by atoms with van der Waals surface area (Å²) in [7, 11) is 0. The number of ether oxygens (including phenoxy) is 2. The van der Waals surface area contributed by atoms with Gasteiger partial charge in [0.1, 0.15) is 0 Å². The molecule has 1 saturated heterocycles. The van der Waals surface area contributed by atoms with Gasteiger partial charge < -0.3 is 9.47 Å². The van der Waals surface area contributed by atoms with Gasteiger partial charge in [0, 0.05) is 23.2 Å². The first-order valence-corrected chi connectivity index (χ1v) is 6.50. The molecule has 1 aliphatic carbocycles. The van der Waals surface area contributed by atoms with Gasteiger partial charge in [-0.05, 0) is 19.3 Å². The Balaban J connectivity index is 2.20. The summed E-state index contributed by atoms with van der Waals surface area (Å²) in [5, 5.41) is 10.8. The summed E-state index contributed by atoms with van der Waals surface area (Å²) in [6.07, 6.45) is 1.59. The Kier molecular flexibility index (Phi) is 3.73. The van der Waals surface area contributed by atoms with Crippen LogP contribution in [-0.2, 0) is 9.47 Å². The largest absolute Gasteiger partial charge is 0.347 e. The fourth-order valence-electron chi connectivity index (χ4n) is 3.19. The summed E-state index contributed by atoms with van der Waals surface area (Å²) in [5.41, 5.74) is 1.06. The molecule has 0 bridgehead atoms. The van der Waals surface area contributed by atoms with E-state index in [1.165, 1.54) is 0 Å². The van der Waals surface area contributed by atoms with E-state index in [1.54, 1.807) is 0 Å². The highest BCUT2D eigenvalue weighted by atomic mass is 16.7. The molecule has 0 amide bonds. The zero-order chi connectivity index (χ0) is 13.3. The van der Waals surface area contributed by atoms with Crippen molar-refractivity contribution in [1.29, 1.82) is 0 Å². The third-order valence-electron chi connectivity index (χ3n) is 4.38. The molecular weight excluding hydrogens is 234 g/mol. The number of hydrogen-bond acceptors (Lipinski definition) is 4. The minimum Gasteiger partial charge on any atom is -0.347 e. The quantitative estimate of drug-likeness (QED) is 0.441. The Bertz CT molecular complexity index is 349. The molecule has 2 aliphatic rings. The van der Waals surface area contributed by atoms with Crippen molar-refractivity contribution in [2.75, 3.05) is 19.8 Å². The maximum atomic E-state index is 10.8. The van der Waals surface area contributed by atoms with Crippen molar-refractivity contribution in [3.8, 4) is 0 Å². The fraction of sp³-hybridized carbons (Fsp3) is 0.846. The molecule has 0 aromatic carbocycles. The van der Waals surface area contributed by atoms with Crippen LogP contribution in [0.1, 0.15) is 26.7 Å². The lowest BCUT2D eigenvalue weighted by Gasteiger charge is -2.44. The molecule has 2 rings (SSSR count). The molecule has 0 aromatic heterocycles. The van der Waals surface area contributed by atoms with E-state index in [4.69, 9.17) is 9.47 Å². The molecule has 0 unspecified atom stereocenters. The van der Waals surface area contributed by atoms with Gasteiger partial charge >= 0.3 is 0 Å². The second-order valence-electron chi connectivity index (χ2n) is 5.56. The zero-order valence-corrected chi connectivity index (χ0v) is 11.1. The summed E-state index contributed by atoms with van der Waals surface area (Å²) in [4.78, 5) is 10.6.